The predicted octanol–water partition coefficient (Wildman–Crippen LogP) is 1.69. The predicted molar refractivity (Wildman–Crippen MR) is 71.0 cm³/mol. The van der Waals surface area contributed by atoms with Crippen LogP contribution in [0, 0.1) is 5.41 Å². The molecule has 0 saturated carbocycles. The zero-order valence-corrected chi connectivity index (χ0v) is 11.0. The summed E-state index contributed by atoms with van der Waals surface area (Å²) >= 11 is 1.63. The highest BCUT2D eigenvalue weighted by molar-refractivity contribution is 7.99. The Hall–Kier alpha value is -0.840. The molecule has 1 aromatic rings. The zero-order chi connectivity index (χ0) is 12.9. The van der Waals surface area contributed by atoms with Crippen molar-refractivity contribution in [2.45, 2.75) is 24.8 Å². The fourth-order valence-electron chi connectivity index (χ4n) is 1.44. The summed E-state index contributed by atoms with van der Waals surface area (Å²) in [4.78, 5) is 13.0. The summed E-state index contributed by atoms with van der Waals surface area (Å²) in [6.07, 6.45) is 0. The first-order valence-electron chi connectivity index (χ1n) is 5.56. The first-order chi connectivity index (χ1) is 7.97. The number of benzene rings is 1. The molecule has 1 rings (SSSR count). The van der Waals surface area contributed by atoms with Crippen LogP contribution in [0.25, 0.3) is 0 Å². The molecule has 0 bridgehead atoms. The van der Waals surface area contributed by atoms with Gasteiger partial charge in [0.15, 0.2) is 5.78 Å². The monoisotopic (exact) mass is 253 g/mol. The van der Waals surface area contributed by atoms with Gasteiger partial charge in [0.1, 0.15) is 0 Å². The minimum Gasteiger partial charge on any atom is -0.394 e. The third-order valence-electron chi connectivity index (χ3n) is 2.54. The Morgan fingerprint density at radius 1 is 1.41 bits per heavy atom. The molecule has 0 radical (unpaired) electrons. The van der Waals surface area contributed by atoms with Gasteiger partial charge >= 0.3 is 0 Å². The molecule has 0 unspecified atom stereocenters. The van der Waals surface area contributed by atoms with Gasteiger partial charge in [-0.3, -0.25) is 4.79 Å². The van der Waals surface area contributed by atoms with Gasteiger partial charge in [0, 0.05) is 16.1 Å². The van der Waals surface area contributed by atoms with Crippen molar-refractivity contribution in [3.8, 4) is 0 Å². The molecule has 0 saturated heterocycles. The van der Waals surface area contributed by atoms with Crippen molar-refractivity contribution in [3.05, 3.63) is 30.3 Å². The van der Waals surface area contributed by atoms with E-state index in [0.29, 0.717) is 5.75 Å². The summed E-state index contributed by atoms with van der Waals surface area (Å²) in [5.41, 5.74) is 5.04. The molecule has 3 nitrogen and oxygen atoms in total. The fraction of sp³-hybridized carbons (Fsp3) is 0.462. The summed E-state index contributed by atoms with van der Waals surface area (Å²) in [5.74, 6) is 0.562. The van der Waals surface area contributed by atoms with E-state index in [0.717, 1.165) is 4.90 Å². The quantitative estimate of drug-likeness (QED) is 0.757. The van der Waals surface area contributed by atoms with Crippen molar-refractivity contribution < 1.29 is 9.90 Å². The second-order valence-electron chi connectivity index (χ2n) is 4.64. The summed E-state index contributed by atoms with van der Waals surface area (Å²) in [7, 11) is 0. The van der Waals surface area contributed by atoms with Gasteiger partial charge in [-0.05, 0) is 12.1 Å². The number of aliphatic hydroxyl groups excluding tert-OH is 1. The molecule has 0 aromatic heterocycles. The van der Waals surface area contributed by atoms with Gasteiger partial charge < -0.3 is 10.8 Å². The number of Topliss-reactive ketones (excluding diaryl/α,β-unsaturated/α-hetero) is 1. The Bertz CT molecular complexity index is 365. The fourth-order valence-corrected chi connectivity index (χ4v) is 2.46. The van der Waals surface area contributed by atoms with E-state index in [4.69, 9.17) is 10.8 Å². The highest BCUT2D eigenvalue weighted by atomic mass is 32.2. The molecule has 0 fully saturated rings. The Balaban J connectivity index is 2.58. The van der Waals surface area contributed by atoms with Crippen molar-refractivity contribution in [2.75, 3.05) is 12.4 Å². The van der Waals surface area contributed by atoms with E-state index >= 15 is 0 Å². The van der Waals surface area contributed by atoms with Crippen molar-refractivity contribution in [1.29, 1.82) is 0 Å². The van der Waals surface area contributed by atoms with Gasteiger partial charge in [-0.15, -0.1) is 11.8 Å². The lowest BCUT2D eigenvalue weighted by Crippen LogP contribution is -2.43. The lowest BCUT2D eigenvalue weighted by atomic mass is 9.87. The maximum absolute atomic E-state index is 11.9. The maximum Gasteiger partial charge on any atom is 0.158 e. The Morgan fingerprint density at radius 3 is 2.53 bits per heavy atom. The van der Waals surface area contributed by atoms with Crippen LogP contribution in [0.3, 0.4) is 0 Å². The third-order valence-corrected chi connectivity index (χ3v) is 4.01. The third kappa shape index (κ3) is 4.15. The molecule has 0 spiro atoms. The van der Waals surface area contributed by atoms with Crippen molar-refractivity contribution >= 4 is 17.5 Å². The van der Waals surface area contributed by atoms with Crippen LogP contribution in [0.1, 0.15) is 13.8 Å². The van der Waals surface area contributed by atoms with Crippen molar-refractivity contribution in [1.82, 2.24) is 0 Å². The van der Waals surface area contributed by atoms with Crippen LogP contribution in [0.4, 0.5) is 0 Å². The molecule has 0 aliphatic carbocycles. The number of thioether (sulfide) groups is 1. The van der Waals surface area contributed by atoms with Crippen LogP contribution in [-0.4, -0.2) is 29.3 Å². The number of rotatable bonds is 6. The van der Waals surface area contributed by atoms with E-state index < -0.39 is 11.5 Å². The number of carbonyl (C=O) groups excluding carboxylic acids is 1. The molecule has 0 aliphatic heterocycles. The van der Waals surface area contributed by atoms with E-state index in [1.165, 1.54) is 0 Å². The molecular weight excluding hydrogens is 234 g/mol. The summed E-state index contributed by atoms with van der Waals surface area (Å²) < 4.78 is 0. The maximum atomic E-state index is 11.9. The summed E-state index contributed by atoms with van der Waals surface area (Å²) in [6.45, 7) is 3.43. The van der Waals surface area contributed by atoms with Crippen molar-refractivity contribution in [3.63, 3.8) is 0 Å². The van der Waals surface area contributed by atoms with Crippen LogP contribution < -0.4 is 5.73 Å². The number of hydrogen-bond donors (Lipinski definition) is 2. The molecule has 1 aromatic carbocycles. The number of aliphatic hydroxyl groups is 1. The molecular formula is C13H19NO2S. The van der Waals surface area contributed by atoms with Crippen LogP contribution in [0.2, 0.25) is 0 Å². The molecule has 0 amide bonds. The number of carbonyl (C=O) groups is 1. The standard InChI is InChI=1S/C13H19NO2S/c1-13(2,12(16)11(14)8-15)9-17-10-6-4-3-5-7-10/h3-7,11,15H,8-9,14H2,1-2H3/t11-/m1/s1. The molecule has 0 heterocycles. The van der Waals surface area contributed by atoms with Crippen molar-refractivity contribution in [2.24, 2.45) is 11.1 Å². The Kier molecular flexibility index (Phi) is 5.18. The minimum absolute atomic E-state index is 0.0940. The number of hydrogen-bond acceptors (Lipinski definition) is 4. The summed E-state index contributed by atoms with van der Waals surface area (Å²) in [6, 6.07) is 9.14. The van der Waals surface area contributed by atoms with Gasteiger partial charge in [-0.2, -0.15) is 0 Å². The minimum atomic E-state index is -0.777. The van der Waals surface area contributed by atoms with Gasteiger partial charge in [-0.25, -0.2) is 0 Å². The van der Waals surface area contributed by atoms with E-state index in [2.05, 4.69) is 0 Å². The van der Waals surface area contributed by atoms with E-state index in [9.17, 15) is 4.79 Å². The molecule has 17 heavy (non-hydrogen) atoms. The second kappa shape index (κ2) is 6.19. The Labute approximate surface area is 106 Å². The Morgan fingerprint density at radius 2 is 2.00 bits per heavy atom. The molecule has 94 valence electrons. The smallest absolute Gasteiger partial charge is 0.158 e. The average Bonchev–Trinajstić information content (AvgIpc) is 2.36. The van der Waals surface area contributed by atoms with Gasteiger partial charge in [0.05, 0.1) is 12.6 Å². The number of ketones is 1. The molecule has 3 N–H and O–H groups in total. The second-order valence-corrected chi connectivity index (χ2v) is 5.69. The molecule has 0 aliphatic rings. The van der Waals surface area contributed by atoms with Crippen LogP contribution in [-0.2, 0) is 4.79 Å². The van der Waals surface area contributed by atoms with Crippen LogP contribution in [0.5, 0.6) is 0 Å². The van der Waals surface area contributed by atoms with Gasteiger partial charge in [0.25, 0.3) is 0 Å². The first kappa shape index (κ1) is 14.2. The van der Waals surface area contributed by atoms with Gasteiger partial charge in [-0.1, -0.05) is 32.0 Å². The lowest BCUT2D eigenvalue weighted by Gasteiger charge is -2.25. The molecule has 4 heteroatoms. The lowest BCUT2D eigenvalue weighted by molar-refractivity contribution is -0.128. The van der Waals surface area contributed by atoms with Crippen LogP contribution >= 0.6 is 11.8 Å². The first-order valence-corrected chi connectivity index (χ1v) is 6.54. The number of nitrogens with two attached hydrogens (primary N) is 1. The highest BCUT2D eigenvalue weighted by Crippen LogP contribution is 2.28. The molecule has 1 atom stereocenters. The summed E-state index contributed by atoms with van der Waals surface area (Å²) in [5, 5.41) is 8.90. The van der Waals surface area contributed by atoms with E-state index in [1.807, 2.05) is 44.2 Å². The average molecular weight is 253 g/mol. The normalized spacial score (nSPS) is 13.4. The largest absolute Gasteiger partial charge is 0.394 e. The van der Waals surface area contributed by atoms with E-state index in [1.54, 1.807) is 11.8 Å². The van der Waals surface area contributed by atoms with Crippen LogP contribution in [0.15, 0.2) is 35.2 Å². The topological polar surface area (TPSA) is 63.3 Å². The SMILES string of the molecule is CC(C)(CSc1ccccc1)C(=O)[C@H](N)CO. The zero-order valence-electron chi connectivity index (χ0n) is 10.2. The highest BCUT2D eigenvalue weighted by Gasteiger charge is 2.31. The van der Waals surface area contributed by atoms with Gasteiger partial charge in [0.2, 0.25) is 0 Å². The van der Waals surface area contributed by atoms with E-state index in [-0.39, 0.29) is 12.4 Å².